The number of carboxylic acid groups (broad SMARTS) is 1. The molecule has 4 fully saturated rings. The van der Waals surface area contributed by atoms with Crippen LogP contribution in [0.5, 0.6) is 0 Å². The van der Waals surface area contributed by atoms with Crippen molar-refractivity contribution in [3.63, 3.8) is 0 Å². The molecule has 0 amide bonds. The molecule has 3 aromatic carbocycles. The minimum Gasteiger partial charge on any atom is -0.478 e. The highest BCUT2D eigenvalue weighted by molar-refractivity contribution is 5.95. The number of aromatic carboxylic acids is 1. The summed E-state index contributed by atoms with van der Waals surface area (Å²) >= 11 is 0. The van der Waals surface area contributed by atoms with Gasteiger partial charge >= 0.3 is 5.97 Å². The molecule has 30 heavy (non-hydrogen) atoms. The van der Waals surface area contributed by atoms with Gasteiger partial charge in [-0.25, -0.2) is 9.18 Å². The van der Waals surface area contributed by atoms with E-state index in [4.69, 9.17) is 0 Å². The van der Waals surface area contributed by atoms with Gasteiger partial charge in [-0.2, -0.15) is 0 Å². The topological polar surface area (TPSA) is 37.3 Å². The van der Waals surface area contributed by atoms with Gasteiger partial charge in [0.2, 0.25) is 0 Å². The summed E-state index contributed by atoms with van der Waals surface area (Å²) in [6, 6.07) is 16.9. The Bertz CT molecular complexity index is 1140. The van der Waals surface area contributed by atoms with Crippen molar-refractivity contribution in [3.05, 3.63) is 71.5 Å². The minimum atomic E-state index is -0.917. The van der Waals surface area contributed by atoms with Crippen LogP contribution in [0.25, 0.3) is 21.9 Å². The second-order valence-corrected chi connectivity index (χ2v) is 9.97. The van der Waals surface area contributed by atoms with Crippen LogP contribution in [0.3, 0.4) is 0 Å². The zero-order valence-corrected chi connectivity index (χ0v) is 16.9. The number of rotatable bonds is 3. The second-order valence-electron chi connectivity index (χ2n) is 9.97. The van der Waals surface area contributed by atoms with E-state index in [1.807, 2.05) is 24.3 Å². The molecule has 0 heterocycles. The Morgan fingerprint density at radius 1 is 0.800 bits per heavy atom. The van der Waals surface area contributed by atoms with Gasteiger partial charge in [-0.1, -0.05) is 24.3 Å². The first-order valence-corrected chi connectivity index (χ1v) is 11.1. The van der Waals surface area contributed by atoms with E-state index in [2.05, 4.69) is 12.1 Å². The third-order valence-electron chi connectivity index (χ3n) is 8.00. The van der Waals surface area contributed by atoms with Gasteiger partial charge in [-0.3, -0.25) is 0 Å². The highest BCUT2D eigenvalue weighted by Gasteiger charge is 2.52. The molecular formula is C27H25FO2. The van der Waals surface area contributed by atoms with E-state index in [9.17, 15) is 9.90 Å². The molecule has 0 unspecified atom stereocenters. The molecule has 0 atom stereocenters. The molecule has 152 valence electrons. The number of carboxylic acids is 1. The van der Waals surface area contributed by atoms with Crippen molar-refractivity contribution in [2.24, 2.45) is 17.8 Å². The molecule has 0 saturated heterocycles. The molecule has 0 spiro atoms. The Hall–Kier alpha value is -2.68. The molecule has 0 aromatic heterocycles. The largest absolute Gasteiger partial charge is 0.478 e. The maximum absolute atomic E-state index is 15.1. The van der Waals surface area contributed by atoms with Crippen LogP contribution in [-0.2, 0) is 5.41 Å². The summed E-state index contributed by atoms with van der Waals surface area (Å²) in [5, 5.41) is 11.1. The fourth-order valence-electron chi connectivity index (χ4n) is 7.11. The van der Waals surface area contributed by atoms with Gasteiger partial charge in [0.15, 0.2) is 0 Å². The van der Waals surface area contributed by atoms with Gasteiger partial charge in [0.25, 0.3) is 0 Å². The number of fused-ring (bicyclic) bond motifs is 1. The molecule has 4 aliphatic rings. The average molecular weight is 400 g/mol. The van der Waals surface area contributed by atoms with E-state index in [0.29, 0.717) is 5.56 Å². The molecule has 3 heteroatoms. The van der Waals surface area contributed by atoms with Crippen LogP contribution < -0.4 is 0 Å². The molecule has 4 aliphatic carbocycles. The lowest BCUT2D eigenvalue weighted by Gasteiger charge is -2.57. The van der Waals surface area contributed by atoms with Crippen molar-refractivity contribution in [2.75, 3.05) is 0 Å². The second kappa shape index (κ2) is 6.41. The monoisotopic (exact) mass is 400 g/mol. The molecule has 4 bridgehead atoms. The van der Waals surface area contributed by atoms with E-state index in [-0.39, 0.29) is 11.2 Å². The lowest BCUT2D eigenvalue weighted by Crippen LogP contribution is -2.48. The van der Waals surface area contributed by atoms with Crippen LogP contribution in [0.2, 0.25) is 0 Å². The molecule has 2 nitrogen and oxygen atoms in total. The predicted octanol–water partition coefficient (Wildman–Crippen LogP) is 6.81. The number of hydrogen-bond donors (Lipinski definition) is 1. The van der Waals surface area contributed by atoms with Crippen LogP contribution in [0.15, 0.2) is 54.6 Å². The summed E-state index contributed by atoms with van der Waals surface area (Å²) in [6.45, 7) is 0. The van der Waals surface area contributed by atoms with Crippen molar-refractivity contribution >= 4 is 16.7 Å². The molecule has 0 radical (unpaired) electrons. The number of halogens is 1. The highest BCUT2D eigenvalue weighted by Crippen LogP contribution is 2.61. The minimum absolute atomic E-state index is 0.0298. The molecule has 1 N–H and O–H groups in total. The van der Waals surface area contributed by atoms with Crippen molar-refractivity contribution in [1.29, 1.82) is 0 Å². The van der Waals surface area contributed by atoms with Crippen LogP contribution in [0.1, 0.15) is 54.4 Å². The van der Waals surface area contributed by atoms with Gasteiger partial charge in [0.05, 0.1) is 5.56 Å². The van der Waals surface area contributed by atoms with Crippen LogP contribution in [0, 0.1) is 23.6 Å². The standard InChI is InChI=1S/C27H25FO2/c28-25-6-5-22(20-1-2-21-11-23(26(29)30)4-3-19(21)10-20)12-24(25)27-13-16-7-17(14-27)9-18(8-16)15-27/h1-6,10-12,16-18H,7-9,13-15H2,(H,29,30). The summed E-state index contributed by atoms with van der Waals surface area (Å²) in [5.41, 5.74) is 3.35. The van der Waals surface area contributed by atoms with E-state index < -0.39 is 5.97 Å². The zero-order valence-electron chi connectivity index (χ0n) is 16.9. The lowest BCUT2D eigenvalue weighted by atomic mass is 9.48. The predicted molar refractivity (Wildman–Crippen MR) is 116 cm³/mol. The van der Waals surface area contributed by atoms with Gasteiger partial charge in [-0.15, -0.1) is 0 Å². The van der Waals surface area contributed by atoms with E-state index >= 15 is 4.39 Å². The Balaban J connectivity index is 1.41. The highest BCUT2D eigenvalue weighted by atomic mass is 19.1. The average Bonchev–Trinajstić information content (AvgIpc) is 2.72. The third-order valence-corrected chi connectivity index (χ3v) is 8.00. The number of carbonyl (C=O) groups is 1. The maximum Gasteiger partial charge on any atom is 0.335 e. The van der Waals surface area contributed by atoms with Crippen molar-refractivity contribution in [1.82, 2.24) is 0 Å². The van der Waals surface area contributed by atoms with E-state index in [1.165, 1.54) is 19.3 Å². The van der Waals surface area contributed by atoms with Crippen molar-refractivity contribution < 1.29 is 14.3 Å². The number of benzene rings is 3. The Morgan fingerprint density at radius 3 is 2.03 bits per heavy atom. The quantitative estimate of drug-likeness (QED) is 0.524. The molecule has 7 rings (SSSR count). The van der Waals surface area contributed by atoms with Crippen LogP contribution >= 0.6 is 0 Å². The van der Waals surface area contributed by atoms with Crippen molar-refractivity contribution in [2.45, 2.75) is 43.9 Å². The third kappa shape index (κ3) is 2.79. The van der Waals surface area contributed by atoms with E-state index in [0.717, 1.165) is 64.5 Å². The normalized spacial score (nSPS) is 29.4. The Labute approximate surface area is 175 Å². The van der Waals surface area contributed by atoms with Gasteiger partial charge in [-0.05, 0) is 119 Å². The van der Waals surface area contributed by atoms with Crippen molar-refractivity contribution in [3.8, 4) is 11.1 Å². The first kappa shape index (κ1) is 18.1. The van der Waals surface area contributed by atoms with Gasteiger partial charge in [0, 0.05) is 0 Å². The maximum atomic E-state index is 15.1. The van der Waals surface area contributed by atoms with Gasteiger partial charge in [0.1, 0.15) is 5.82 Å². The fourth-order valence-corrected chi connectivity index (χ4v) is 7.11. The number of hydrogen-bond acceptors (Lipinski definition) is 1. The molecule has 0 aliphatic heterocycles. The van der Waals surface area contributed by atoms with Crippen LogP contribution in [0.4, 0.5) is 4.39 Å². The zero-order chi connectivity index (χ0) is 20.5. The van der Waals surface area contributed by atoms with E-state index in [1.54, 1.807) is 18.2 Å². The summed E-state index contributed by atoms with van der Waals surface area (Å²) < 4.78 is 15.1. The van der Waals surface area contributed by atoms with Crippen LogP contribution in [-0.4, -0.2) is 11.1 Å². The summed E-state index contributed by atoms with van der Waals surface area (Å²) in [6.07, 6.45) is 7.50. The van der Waals surface area contributed by atoms with Gasteiger partial charge < -0.3 is 5.11 Å². The first-order chi connectivity index (χ1) is 14.5. The molecule has 3 aromatic rings. The smallest absolute Gasteiger partial charge is 0.335 e. The Kier molecular flexibility index (Phi) is 3.87. The lowest BCUT2D eigenvalue weighted by molar-refractivity contribution is -0.00672. The molecule has 4 saturated carbocycles. The SMILES string of the molecule is O=C(O)c1ccc2cc(-c3ccc(F)c(C45CC6CC(CC(C6)C4)C5)c3)ccc2c1. The summed E-state index contributed by atoms with van der Waals surface area (Å²) in [7, 11) is 0. The first-order valence-electron chi connectivity index (χ1n) is 11.1. The fraction of sp³-hybridized carbons (Fsp3) is 0.370. The summed E-state index contributed by atoms with van der Waals surface area (Å²) in [4.78, 5) is 11.2. The molecular weight excluding hydrogens is 375 g/mol. The Morgan fingerprint density at radius 2 is 1.37 bits per heavy atom. The summed E-state index contributed by atoms with van der Waals surface area (Å²) in [5.74, 6) is 1.38.